The first-order valence-corrected chi connectivity index (χ1v) is 11.5. The number of aryl methyl sites for hydroxylation is 1. The van der Waals surface area contributed by atoms with Crippen LogP contribution in [0.5, 0.6) is 0 Å². The van der Waals surface area contributed by atoms with Crippen molar-refractivity contribution in [3.05, 3.63) is 83.9 Å². The highest BCUT2D eigenvalue weighted by Crippen LogP contribution is 2.43. The molecule has 0 unspecified atom stereocenters. The molecule has 1 amide bonds. The van der Waals surface area contributed by atoms with Crippen LogP contribution in [-0.2, 0) is 27.7 Å². The Morgan fingerprint density at radius 2 is 1.63 bits per heavy atom. The molecule has 5 nitrogen and oxygen atoms in total. The predicted octanol–water partition coefficient (Wildman–Crippen LogP) is 3.78. The molecule has 4 rings (SSSR count). The smallest absolute Gasteiger partial charge is 0.265 e. The van der Waals surface area contributed by atoms with Crippen molar-refractivity contribution in [3.8, 4) is 11.1 Å². The maximum atomic E-state index is 13.3. The van der Waals surface area contributed by atoms with Crippen molar-refractivity contribution in [2.75, 3.05) is 17.4 Å². The third kappa shape index (κ3) is 3.83. The SMILES string of the molecule is CCc1ccc2c(c1)-c1ccccc1S(=O)(=O)N2CC(=O)NCCc1ccccc1. The molecule has 30 heavy (non-hydrogen) atoms. The molecule has 3 aromatic carbocycles. The summed E-state index contributed by atoms with van der Waals surface area (Å²) in [5, 5.41) is 2.85. The van der Waals surface area contributed by atoms with E-state index < -0.39 is 10.0 Å². The van der Waals surface area contributed by atoms with Crippen molar-refractivity contribution < 1.29 is 13.2 Å². The number of amides is 1. The number of nitrogens with one attached hydrogen (secondary N) is 1. The van der Waals surface area contributed by atoms with Gasteiger partial charge in [0.1, 0.15) is 6.54 Å². The fraction of sp³-hybridized carbons (Fsp3) is 0.208. The van der Waals surface area contributed by atoms with Gasteiger partial charge in [0.2, 0.25) is 5.91 Å². The lowest BCUT2D eigenvalue weighted by Gasteiger charge is -2.32. The second-order valence-electron chi connectivity index (χ2n) is 7.30. The first-order chi connectivity index (χ1) is 14.5. The number of hydrogen-bond donors (Lipinski definition) is 1. The highest BCUT2D eigenvalue weighted by Gasteiger charge is 2.35. The van der Waals surface area contributed by atoms with Crippen LogP contribution in [0.4, 0.5) is 5.69 Å². The zero-order valence-corrected chi connectivity index (χ0v) is 17.7. The van der Waals surface area contributed by atoms with Crippen LogP contribution in [0.25, 0.3) is 11.1 Å². The van der Waals surface area contributed by atoms with Crippen LogP contribution in [0.3, 0.4) is 0 Å². The third-order valence-electron chi connectivity index (χ3n) is 5.35. The second kappa shape index (κ2) is 8.32. The molecule has 1 heterocycles. The van der Waals surface area contributed by atoms with Crippen LogP contribution in [0.2, 0.25) is 0 Å². The summed E-state index contributed by atoms with van der Waals surface area (Å²) in [7, 11) is -3.82. The molecule has 0 saturated carbocycles. The molecule has 1 N–H and O–H groups in total. The number of carbonyl (C=O) groups is 1. The normalized spacial score (nSPS) is 14.0. The topological polar surface area (TPSA) is 66.5 Å². The predicted molar refractivity (Wildman–Crippen MR) is 119 cm³/mol. The van der Waals surface area contributed by atoms with E-state index in [4.69, 9.17) is 0 Å². The molecule has 0 spiro atoms. The molecule has 3 aromatic rings. The van der Waals surface area contributed by atoms with Gasteiger partial charge in [-0.1, -0.05) is 61.5 Å². The van der Waals surface area contributed by atoms with E-state index in [0.717, 1.165) is 23.1 Å². The van der Waals surface area contributed by atoms with E-state index in [1.807, 2.05) is 54.6 Å². The van der Waals surface area contributed by atoms with Gasteiger partial charge in [-0.3, -0.25) is 9.10 Å². The van der Waals surface area contributed by atoms with Gasteiger partial charge in [0.05, 0.1) is 10.6 Å². The summed E-state index contributed by atoms with van der Waals surface area (Å²) in [6, 6.07) is 22.6. The molecule has 0 aliphatic carbocycles. The fourth-order valence-corrected chi connectivity index (χ4v) is 5.40. The number of fused-ring (bicyclic) bond motifs is 3. The minimum Gasteiger partial charge on any atom is -0.354 e. The van der Waals surface area contributed by atoms with Gasteiger partial charge in [-0.25, -0.2) is 8.42 Å². The van der Waals surface area contributed by atoms with Crippen LogP contribution in [-0.4, -0.2) is 27.4 Å². The van der Waals surface area contributed by atoms with Gasteiger partial charge in [0.25, 0.3) is 10.0 Å². The minimum absolute atomic E-state index is 0.239. The maximum Gasteiger partial charge on any atom is 0.265 e. The van der Waals surface area contributed by atoms with Crippen LogP contribution in [0, 0.1) is 0 Å². The number of anilines is 1. The lowest BCUT2D eigenvalue weighted by atomic mass is 9.99. The molecule has 0 fully saturated rings. The fourth-order valence-electron chi connectivity index (χ4n) is 3.75. The molecule has 0 atom stereocenters. The number of benzene rings is 3. The van der Waals surface area contributed by atoms with Gasteiger partial charge >= 0.3 is 0 Å². The molecule has 0 bridgehead atoms. The average Bonchev–Trinajstić information content (AvgIpc) is 2.77. The van der Waals surface area contributed by atoms with Crippen molar-refractivity contribution >= 4 is 21.6 Å². The van der Waals surface area contributed by atoms with Crippen LogP contribution >= 0.6 is 0 Å². The highest BCUT2D eigenvalue weighted by molar-refractivity contribution is 7.93. The summed E-state index contributed by atoms with van der Waals surface area (Å²) in [5.41, 5.74) is 4.31. The van der Waals surface area contributed by atoms with Crippen LogP contribution < -0.4 is 9.62 Å². The highest BCUT2D eigenvalue weighted by atomic mass is 32.2. The van der Waals surface area contributed by atoms with E-state index in [2.05, 4.69) is 12.2 Å². The Kier molecular flexibility index (Phi) is 5.59. The van der Waals surface area contributed by atoms with E-state index in [1.54, 1.807) is 18.2 Å². The molecule has 0 radical (unpaired) electrons. The van der Waals surface area contributed by atoms with Crippen LogP contribution in [0.1, 0.15) is 18.1 Å². The third-order valence-corrected chi connectivity index (χ3v) is 7.17. The summed E-state index contributed by atoms with van der Waals surface area (Å²) < 4.78 is 27.8. The zero-order valence-electron chi connectivity index (χ0n) is 16.8. The molecule has 0 aromatic heterocycles. The van der Waals surface area contributed by atoms with Gasteiger partial charge in [0.15, 0.2) is 0 Å². The van der Waals surface area contributed by atoms with E-state index in [9.17, 15) is 13.2 Å². The van der Waals surface area contributed by atoms with Gasteiger partial charge in [-0.2, -0.15) is 0 Å². The van der Waals surface area contributed by atoms with Gasteiger partial charge < -0.3 is 5.32 Å². The Labute approximate surface area is 177 Å². The summed E-state index contributed by atoms with van der Waals surface area (Å²) >= 11 is 0. The largest absolute Gasteiger partial charge is 0.354 e. The molecule has 1 aliphatic heterocycles. The van der Waals surface area contributed by atoms with E-state index >= 15 is 0 Å². The van der Waals surface area contributed by atoms with Crippen molar-refractivity contribution in [2.45, 2.75) is 24.7 Å². The summed E-state index contributed by atoms with van der Waals surface area (Å²) in [6.45, 7) is 2.27. The first kappa shape index (κ1) is 20.2. The van der Waals surface area contributed by atoms with Gasteiger partial charge in [-0.15, -0.1) is 0 Å². The van der Waals surface area contributed by atoms with Gasteiger partial charge in [-0.05, 0) is 42.2 Å². The Morgan fingerprint density at radius 1 is 0.900 bits per heavy atom. The minimum atomic E-state index is -3.82. The Hall–Kier alpha value is -3.12. The second-order valence-corrected chi connectivity index (χ2v) is 9.13. The van der Waals surface area contributed by atoms with Crippen LogP contribution in [0.15, 0.2) is 77.7 Å². The van der Waals surface area contributed by atoms with Crippen molar-refractivity contribution in [2.24, 2.45) is 0 Å². The van der Waals surface area contributed by atoms with Crippen molar-refractivity contribution in [3.63, 3.8) is 0 Å². The number of nitrogens with zero attached hydrogens (tertiary/aromatic N) is 1. The lowest BCUT2D eigenvalue weighted by molar-refractivity contribution is -0.119. The molecular formula is C24H24N2O3S. The summed E-state index contributed by atoms with van der Waals surface area (Å²) in [6.07, 6.45) is 1.54. The molecule has 0 saturated heterocycles. The standard InChI is InChI=1S/C24H24N2O3S/c1-2-18-12-13-22-21(16-18)20-10-6-7-11-23(20)30(28,29)26(22)17-24(27)25-15-14-19-8-4-3-5-9-19/h3-13,16H,2,14-15,17H2,1H3,(H,25,27). The quantitative estimate of drug-likeness (QED) is 0.660. The molecule has 154 valence electrons. The first-order valence-electron chi connectivity index (χ1n) is 10.1. The monoisotopic (exact) mass is 420 g/mol. The maximum absolute atomic E-state index is 13.3. The zero-order chi connectivity index (χ0) is 21.1. The number of carbonyl (C=O) groups excluding carboxylic acids is 1. The van der Waals surface area contributed by atoms with Crippen molar-refractivity contribution in [1.82, 2.24) is 5.32 Å². The lowest BCUT2D eigenvalue weighted by Crippen LogP contribution is -2.43. The molecule has 1 aliphatic rings. The Balaban J connectivity index is 1.59. The van der Waals surface area contributed by atoms with E-state index in [1.165, 1.54) is 4.31 Å². The molecule has 6 heteroatoms. The average molecular weight is 421 g/mol. The summed E-state index contributed by atoms with van der Waals surface area (Å²) in [5.74, 6) is -0.320. The van der Waals surface area contributed by atoms with Gasteiger partial charge in [0, 0.05) is 17.7 Å². The Bertz CT molecular complexity index is 1170. The van der Waals surface area contributed by atoms with E-state index in [0.29, 0.717) is 24.2 Å². The number of rotatable bonds is 6. The van der Waals surface area contributed by atoms with E-state index in [-0.39, 0.29) is 17.3 Å². The number of sulfonamides is 1. The Morgan fingerprint density at radius 3 is 2.40 bits per heavy atom. The van der Waals surface area contributed by atoms with Crippen molar-refractivity contribution in [1.29, 1.82) is 0 Å². The summed E-state index contributed by atoms with van der Waals surface area (Å²) in [4.78, 5) is 12.9. The number of hydrogen-bond acceptors (Lipinski definition) is 3. The molecular weight excluding hydrogens is 396 g/mol.